The van der Waals surface area contributed by atoms with Gasteiger partial charge in [-0.15, -0.1) is 11.3 Å². The van der Waals surface area contributed by atoms with Gasteiger partial charge in [0.1, 0.15) is 29.2 Å². The number of benzene rings is 1. The summed E-state index contributed by atoms with van der Waals surface area (Å²) in [4.78, 5) is 52.7. The lowest BCUT2D eigenvalue weighted by Crippen LogP contribution is -2.43. The SMILES string of the molecule is CC(=O)c1nn(CC(=O)N2C[C@H](F)C[C@H]2C(=O)Cc2nc(C)cs2)c2ccc(-c3cnc(C)nc3)cc12. The van der Waals surface area contributed by atoms with Gasteiger partial charge in [-0.25, -0.2) is 19.3 Å². The van der Waals surface area contributed by atoms with Crippen molar-refractivity contribution in [3.8, 4) is 11.1 Å². The van der Waals surface area contributed by atoms with Gasteiger partial charge in [0, 0.05) is 47.8 Å². The molecule has 4 aromatic rings. The molecule has 0 unspecified atom stereocenters. The Labute approximate surface area is 216 Å². The maximum absolute atomic E-state index is 14.4. The third-order valence-corrected chi connectivity index (χ3v) is 7.38. The van der Waals surface area contributed by atoms with Crippen molar-refractivity contribution >= 4 is 39.7 Å². The Morgan fingerprint density at radius 1 is 1.14 bits per heavy atom. The van der Waals surface area contributed by atoms with Crippen molar-refractivity contribution in [3.63, 3.8) is 0 Å². The number of aryl methyl sites for hydroxylation is 2. The van der Waals surface area contributed by atoms with E-state index in [2.05, 4.69) is 20.1 Å². The second-order valence-corrected chi connectivity index (χ2v) is 10.2. The van der Waals surface area contributed by atoms with Crippen LogP contribution in [0.5, 0.6) is 0 Å². The van der Waals surface area contributed by atoms with E-state index in [9.17, 15) is 18.8 Å². The fraction of sp³-hybridized carbons (Fsp3) is 0.346. The van der Waals surface area contributed by atoms with Crippen LogP contribution in [-0.4, -0.2) is 65.9 Å². The number of nitrogens with zero attached hydrogens (tertiary/aromatic N) is 6. The highest BCUT2D eigenvalue weighted by Gasteiger charge is 2.39. The zero-order chi connectivity index (χ0) is 26.3. The molecular formula is C26H25FN6O3S. The Bertz CT molecular complexity index is 1510. The number of hydrogen-bond acceptors (Lipinski definition) is 8. The molecule has 1 aliphatic rings. The highest BCUT2D eigenvalue weighted by molar-refractivity contribution is 7.09. The number of likely N-dealkylation sites (tertiary alicyclic amines) is 1. The first kappa shape index (κ1) is 24.8. The number of Topliss-reactive ketones (excluding diaryl/α,β-unsaturated/α-hetero) is 2. The molecule has 0 bridgehead atoms. The van der Waals surface area contributed by atoms with E-state index in [1.165, 1.54) is 27.8 Å². The number of thiazole rings is 1. The summed E-state index contributed by atoms with van der Waals surface area (Å²) >= 11 is 1.37. The second kappa shape index (κ2) is 9.89. The van der Waals surface area contributed by atoms with E-state index >= 15 is 0 Å². The fourth-order valence-corrected chi connectivity index (χ4v) is 5.40. The fourth-order valence-electron chi connectivity index (χ4n) is 4.62. The summed E-state index contributed by atoms with van der Waals surface area (Å²) in [5, 5.41) is 7.50. The van der Waals surface area contributed by atoms with Gasteiger partial charge in [0.2, 0.25) is 5.91 Å². The van der Waals surface area contributed by atoms with Gasteiger partial charge in [-0.3, -0.25) is 19.1 Å². The Morgan fingerprint density at radius 3 is 2.57 bits per heavy atom. The number of hydrogen-bond donors (Lipinski definition) is 0. The van der Waals surface area contributed by atoms with Crippen molar-refractivity contribution in [1.82, 2.24) is 29.6 Å². The van der Waals surface area contributed by atoms with E-state index in [4.69, 9.17) is 0 Å². The zero-order valence-corrected chi connectivity index (χ0v) is 21.5. The lowest BCUT2D eigenvalue weighted by Gasteiger charge is -2.23. The summed E-state index contributed by atoms with van der Waals surface area (Å²) < 4.78 is 15.8. The molecule has 190 valence electrons. The summed E-state index contributed by atoms with van der Waals surface area (Å²) in [7, 11) is 0. The van der Waals surface area contributed by atoms with Gasteiger partial charge in [-0.1, -0.05) is 6.07 Å². The third kappa shape index (κ3) is 5.04. The molecule has 3 aromatic heterocycles. The van der Waals surface area contributed by atoms with Crippen molar-refractivity contribution < 1.29 is 18.8 Å². The molecule has 9 nitrogen and oxygen atoms in total. The first-order valence-electron chi connectivity index (χ1n) is 11.9. The summed E-state index contributed by atoms with van der Waals surface area (Å²) in [6.07, 6.45) is 2.16. The minimum Gasteiger partial charge on any atom is -0.328 e. The molecule has 0 radical (unpaired) electrons. The van der Waals surface area contributed by atoms with Crippen molar-refractivity contribution in [3.05, 3.63) is 58.2 Å². The predicted octanol–water partition coefficient (Wildman–Crippen LogP) is 3.52. The minimum atomic E-state index is -1.28. The normalized spacial score (nSPS) is 17.5. The van der Waals surface area contributed by atoms with E-state index in [1.54, 1.807) is 25.4 Å². The van der Waals surface area contributed by atoms with Crippen LogP contribution in [0.2, 0.25) is 0 Å². The molecule has 0 N–H and O–H groups in total. The molecule has 0 saturated carbocycles. The van der Waals surface area contributed by atoms with E-state index in [0.29, 0.717) is 21.7 Å². The Morgan fingerprint density at radius 2 is 1.89 bits per heavy atom. The Balaban J connectivity index is 1.41. The molecule has 1 saturated heterocycles. The molecule has 1 aliphatic heterocycles. The van der Waals surface area contributed by atoms with Gasteiger partial charge in [0.05, 0.1) is 24.5 Å². The second-order valence-electron chi connectivity index (χ2n) is 9.23. The van der Waals surface area contributed by atoms with Gasteiger partial charge in [-0.05, 0) is 31.5 Å². The quantitative estimate of drug-likeness (QED) is 0.343. The average molecular weight is 521 g/mol. The van der Waals surface area contributed by atoms with E-state index in [1.807, 2.05) is 24.4 Å². The molecule has 1 amide bonds. The predicted molar refractivity (Wildman–Crippen MR) is 136 cm³/mol. The number of amides is 1. The summed E-state index contributed by atoms with van der Waals surface area (Å²) in [5.41, 5.74) is 3.24. The number of carbonyl (C=O) groups excluding carboxylic acids is 3. The zero-order valence-electron chi connectivity index (χ0n) is 20.6. The Hall–Kier alpha value is -3.86. The van der Waals surface area contributed by atoms with Crippen molar-refractivity contribution in [2.75, 3.05) is 6.54 Å². The van der Waals surface area contributed by atoms with Gasteiger partial charge in [-0.2, -0.15) is 5.10 Å². The number of alkyl halides is 1. The number of fused-ring (bicyclic) bond motifs is 1. The maximum atomic E-state index is 14.4. The number of carbonyl (C=O) groups is 3. The minimum absolute atomic E-state index is 0.0323. The summed E-state index contributed by atoms with van der Waals surface area (Å²) in [6, 6.07) is 4.60. The lowest BCUT2D eigenvalue weighted by molar-refractivity contribution is -0.138. The van der Waals surface area contributed by atoms with Crippen LogP contribution in [0.4, 0.5) is 4.39 Å². The van der Waals surface area contributed by atoms with Crippen LogP contribution in [0, 0.1) is 13.8 Å². The molecule has 4 heterocycles. The van der Waals surface area contributed by atoms with Gasteiger partial charge in [0.25, 0.3) is 0 Å². The molecule has 0 spiro atoms. The Kier molecular flexibility index (Phi) is 6.63. The summed E-state index contributed by atoms with van der Waals surface area (Å²) in [5.74, 6) is -0.256. The lowest BCUT2D eigenvalue weighted by atomic mass is 10.0. The molecule has 0 aliphatic carbocycles. The van der Waals surface area contributed by atoms with Crippen LogP contribution in [0.15, 0.2) is 36.0 Å². The van der Waals surface area contributed by atoms with Crippen LogP contribution >= 0.6 is 11.3 Å². The van der Waals surface area contributed by atoms with Crippen LogP contribution in [0.3, 0.4) is 0 Å². The third-order valence-electron chi connectivity index (χ3n) is 6.42. The molecular weight excluding hydrogens is 495 g/mol. The first-order chi connectivity index (χ1) is 17.7. The first-order valence-corrected chi connectivity index (χ1v) is 12.8. The van der Waals surface area contributed by atoms with Crippen LogP contribution < -0.4 is 0 Å². The monoisotopic (exact) mass is 520 g/mol. The molecule has 1 fully saturated rings. The molecule has 1 aromatic carbocycles. The largest absolute Gasteiger partial charge is 0.328 e. The van der Waals surface area contributed by atoms with Crippen molar-refractivity contribution in [2.45, 2.75) is 52.4 Å². The highest BCUT2D eigenvalue weighted by Crippen LogP contribution is 2.28. The van der Waals surface area contributed by atoms with Crippen molar-refractivity contribution in [2.24, 2.45) is 0 Å². The highest BCUT2D eigenvalue weighted by atomic mass is 32.1. The van der Waals surface area contributed by atoms with Crippen LogP contribution in [0.25, 0.3) is 22.0 Å². The number of aromatic nitrogens is 5. The molecule has 2 atom stereocenters. The molecule has 5 rings (SSSR count). The van der Waals surface area contributed by atoms with Crippen LogP contribution in [0.1, 0.15) is 40.4 Å². The summed E-state index contributed by atoms with van der Waals surface area (Å²) in [6.45, 7) is 4.69. The van der Waals surface area contributed by atoms with Gasteiger partial charge >= 0.3 is 0 Å². The maximum Gasteiger partial charge on any atom is 0.245 e. The smallest absolute Gasteiger partial charge is 0.245 e. The van der Waals surface area contributed by atoms with Crippen molar-refractivity contribution in [1.29, 1.82) is 0 Å². The molecule has 11 heteroatoms. The van der Waals surface area contributed by atoms with Gasteiger partial charge < -0.3 is 4.90 Å². The number of halogens is 1. The molecule has 37 heavy (non-hydrogen) atoms. The van der Waals surface area contributed by atoms with Crippen LogP contribution in [-0.2, 0) is 22.6 Å². The number of rotatable bonds is 7. The average Bonchev–Trinajstić information content (AvgIpc) is 3.56. The standard InChI is InChI=1S/C26H25FN6O3S/c1-14-13-37-24(30-14)8-23(35)22-7-19(27)11-32(22)25(36)12-33-21-5-4-17(18-9-28-16(3)29-10-18)6-20(21)26(31-33)15(2)34/h4-6,9-10,13,19,22H,7-8,11-12H2,1-3H3/t19-,22+/m1/s1. The van der Waals surface area contributed by atoms with E-state index in [-0.39, 0.29) is 43.2 Å². The number of ketones is 2. The topological polar surface area (TPSA) is 111 Å². The van der Waals surface area contributed by atoms with E-state index in [0.717, 1.165) is 16.8 Å². The van der Waals surface area contributed by atoms with Gasteiger partial charge in [0.15, 0.2) is 11.6 Å². The van der Waals surface area contributed by atoms with E-state index < -0.39 is 18.1 Å².